The van der Waals surface area contributed by atoms with E-state index in [9.17, 15) is 4.79 Å². The van der Waals surface area contributed by atoms with Gasteiger partial charge < -0.3 is 4.90 Å². The minimum atomic E-state index is 0.0628. The Morgan fingerprint density at radius 1 is 1.04 bits per heavy atom. The summed E-state index contributed by atoms with van der Waals surface area (Å²) in [5, 5.41) is 0. The van der Waals surface area contributed by atoms with Crippen LogP contribution in [0.2, 0.25) is 0 Å². The van der Waals surface area contributed by atoms with E-state index < -0.39 is 0 Å². The number of aryl methyl sites for hydroxylation is 1. The average Bonchev–Trinajstić information content (AvgIpc) is 3.03. The normalized spacial score (nSPS) is 20.4. The van der Waals surface area contributed by atoms with Gasteiger partial charge in [0, 0.05) is 41.7 Å². The van der Waals surface area contributed by atoms with E-state index in [1.54, 1.807) is 6.20 Å². The van der Waals surface area contributed by atoms with E-state index in [0.717, 1.165) is 47.6 Å². The zero-order valence-electron chi connectivity index (χ0n) is 15.2. The number of fused-ring (bicyclic) bond motifs is 4. The van der Waals surface area contributed by atoms with E-state index in [1.165, 1.54) is 0 Å². The molecular weight excluding hydrogens is 336 g/mol. The molecule has 2 unspecified atom stereocenters. The fourth-order valence-electron chi connectivity index (χ4n) is 4.26. The smallest absolute Gasteiger partial charge is 0.256 e. The van der Waals surface area contributed by atoms with Gasteiger partial charge in [-0.2, -0.15) is 0 Å². The highest BCUT2D eigenvalue weighted by Gasteiger charge is 2.43. The van der Waals surface area contributed by atoms with Crippen LogP contribution in [0.4, 0.5) is 0 Å². The van der Waals surface area contributed by atoms with Crippen LogP contribution < -0.4 is 0 Å². The van der Waals surface area contributed by atoms with Gasteiger partial charge in [-0.1, -0.05) is 30.3 Å². The average molecular weight is 356 g/mol. The summed E-state index contributed by atoms with van der Waals surface area (Å²) in [5.41, 5.74) is 4.78. The van der Waals surface area contributed by atoms with Crippen LogP contribution in [0.5, 0.6) is 0 Å². The summed E-state index contributed by atoms with van der Waals surface area (Å²) in [7, 11) is 0. The Bertz CT molecular complexity index is 1000. The van der Waals surface area contributed by atoms with E-state index in [4.69, 9.17) is 4.98 Å². The third-order valence-electron chi connectivity index (χ3n) is 5.62. The van der Waals surface area contributed by atoms with Gasteiger partial charge in [-0.15, -0.1) is 0 Å². The van der Waals surface area contributed by atoms with Crippen molar-refractivity contribution < 1.29 is 4.79 Å². The molecule has 0 aliphatic carbocycles. The second-order valence-corrected chi connectivity index (χ2v) is 7.31. The lowest BCUT2D eigenvalue weighted by molar-refractivity contribution is 0.0643. The predicted molar refractivity (Wildman–Crippen MR) is 102 cm³/mol. The van der Waals surface area contributed by atoms with Crippen LogP contribution in [0.25, 0.3) is 11.4 Å². The third kappa shape index (κ3) is 2.70. The molecular formula is C22H20N4O. The summed E-state index contributed by atoms with van der Waals surface area (Å²) in [4.78, 5) is 28.9. The fourth-order valence-corrected chi connectivity index (χ4v) is 4.26. The Labute approximate surface area is 158 Å². The van der Waals surface area contributed by atoms with Crippen molar-refractivity contribution in [2.75, 3.05) is 0 Å². The minimum absolute atomic E-state index is 0.0628. The van der Waals surface area contributed by atoms with Gasteiger partial charge in [0.15, 0.2) is 5.82 Å². The molecule has 5 heteroatoms. The number of carbonyl (C=O) groups is 1. The molecule has 2 atom stereocenters. The second kappa shape index (κ2) is 6.27. The highest BCUT2D eigenvalue weighted by atomic mass is 16.2. The van der Waals surface area contributed by atoms with E-state index in [-0.39, 0.29) is 18.0 Å². The van der Waals surface area contributed by atoms with E-state index in [1.807, 2.05) is 60.5 Å². The molecule has 4 heterocycles. The quantitative estimate of drug-likeness (QED) is 0.702. The molecule has 5 rings (SSSR count). The number of aromatic nitrogens is 3. The number of hydrogen-bond donors (Lipinski definition) is 0. The van der Waals surface area contributed by atoms with Crippen LogP contribution in [0.15, 0.2) is 54.9 Å². The zero-order chi connectivity index (χ0) is 18.4. The lowest BCUT2D eigenvalue weighted by Crippen LogP contribution is -2.42. The monoisotopic (exact) mass is 356 g/mol. The van der Waals surface area contributed by atoms with E-state index in [2.05, 4.69) is 9.97 Å². The van der Waals surface area contributed by atoms with Crippen molar-refractivity contribution in [3.63, 3.8) is 0 Å². The summed E-state index contributed by atoms with van der Waals surface area (Å²) < 4.78 is 0. The van der Waals surface area contributed by atoms with Gasteiger partial charge in [0.05, 0.1) is 17.3 Å². The molecule has 27 heavy (non-hydrogen) atoms. The molecule has 1 aromatic carbocycles. The van der Waals surface area contributed by atoms with Crippen LogP contribution in [0.3, 0.4) is 0 Å². The second-order valence-electron chi connectivity index (χ2n) is 7.31. The molecule has 3 aromatic rings. The van der Waals surface area contributed by atoms with Crippen molar-refractivity contribution >= 4 is 5.91 Å². The van der Waals surface area contributed by atoms with Crippen LogP contribution >= 0.6 is 0 Å². The van der Waals surface area contributed by atoms with Crippen LogP contribution in [-0.4, -0.2) is 31.8 Å². The van der Waals surface area contributed by atoms with Gasteiger partial charge in [0.1, 0.15) is 0 Å². The van der Waals surface area contributed by atoms with Gasteiger partial charge in [-0.05, 0) is 31.9 Å². The molecule has 1 saturated heterocycles. The first-order valence-electron chi connectivity index (χ1n) is 9.37. The fraction of sp³-hybridized carbons (Fsp3) is 0.273. The van der Waals surface area contributed by atoms with Gasteiger partial charge in [0.25, 0.3) is 5.91 Å². The van der Waals surface area contributed by atoms with Gasteiger partial charge >= 0.3 is 0 Å². The lowest BCUT2D eigenvalue weighted by Gasteiger charge is -2.35. The van der Waals surface area contributed by atoms with Gasteiger partial charge in [-0.25, -0.2) is 9.97 Å². The van der Waals surface area contributed by atoms with Crippen molar-refractivity contribution in [2.24, 2.45) is 0 Å². The number of pyridine rings is 1. The largest absolute Gasteiger partial charge is 0.328 e. The molecule has 0 N–H and O–H groups in total. The maximum Gasteiger partial charge on any atom is 0.256 e. The SMILES string of the molecule is Cc1ccc(C(=O)N2C3CCC2c2cnc(-c4ccccc4)nc2C3)cn1. The summed E-state index contributed by atoms with van der Waals surface area (Å²) in [6.07, 6.45) is 6.37. The zero-order valence-corrected chi connectivity index (χ0v) is 15.2. The number of benzene rings is 1. The van der Waals surface area contributed by atoms with Crippen molar-refractivity contribution in [1.82, 2.24) is 19.9 Å². The first-order valence-corrected chi connectivity index (χ1v) is 9.37. The Hall–Kier alpha value is -3.08. The molecule has 1 amide bonds. The molecule has 1 fully saturated rings. The Morgan fingerprint density at radius 2 is 1.89 bits per heavy atom. The first-order chi connectivity index (χ1) is 13.2. The van der Waals surface area contributed by atoms with Crippen LogP contribution in [0, 0.1) is 6.92 Å². The van der Waals surface area contributed by atoms with Crippen LogP contribution in [-0.2, 0) is 6.42 Å². The van der Waals surface area contributed by atoms with Crippen molar-refractivity contribution in [3.05, 3.63) is 77.4 Å². The van der Waals surface area contributed by atoms with Crippen molar-refractivity contribution in [2.45, 2.75) is 38.3 Å². The van der Waals surface area contributed by atoms with Crippen molar-refractivity contribution in [1.29, 1.82) is 0 Å². The van der Waals surface area contributed by atoms with E-state index in [0.29, 0.717) is 5.56 Å². The van der Waals surface area contributed by atoms with Gasteiger partial charge in [0.2, 0.25) is 0 Å². The summed E-state index contributed by atoms with van der Waals surface area (Å²) >= 11 is 0. The molecule has 2 bridgehead atoms. The highest BCUT2D eigenvalue weighted by molar-refractivity contribution is 5.94. The van der Waals surface area contributed by atoms with Crippen molar-refractivity contribution in [3.8, 4) is 11.4 Å². The van der Waals surface area contributed by atoms with Crippen LogP contribution in [0.1, 0.15) is 46.2 Å². The minimum Gasteiger partial charge on any atom is -0.328 e. The highest BCUT2D eigenvalue weighted by Crippen LogP contribution is 2.43. The molecule has 0 saturated carbocycles. The standard InChI is InChI=1S/C22H20N4O/c1-14-7-8-16(12-23-14)22(27)26-17-9-10-20(26)18-13-24-21(25-19(18)11-17)15-5-3-2-4-6-15/h2-8,12-13,17,20H,9-11H2,1H3. The molecule has 0 radical (unpaired) electrons. The van der Waals surface area contributed by atoms with E-state index >= 15 is 0 Å². The summed E-state index contributed by atoms with van der Waals surface area (Å²) in [6, 6.07) is 14.1. The maximum atomic E-state index is 13.1. The molecule has 2 aromatic heterocycles. The molecule has 2 aliphatic rings. The van der Waals surface area contributed by atoms with Gasteiger partial charge in [-0.3, -0.25) is 9.78 Å². The topological polar surface area (TPSA) is 59.0 Å². The Balaban J connectivity index is 1.49. The molecule has 5 nitrogen and oxygen atoms in total. The number of carbonyl (C=O) groups excluding carboxylic acids is 1. The molecule has 0 spiro atoms. The third-order valence-corrected chi connectivity index (χ3v) is 5.62. The number of nitrogens with zero attached hydrogens (tertiary/aromatic N) is 4. The predicted octanol–water partition coefficient (Wildman–Crippen LogP) is 3.75. The number of amides is 1. The molecule has 2 aliphatic heterocycles. The Morgan fingerprint density at radius 3 is 2.67 bits per heavy atom. The molecule has 134 valence electrons. The lowest BCUT2D eigenvalue weighted by atomic mass is 9.98. The summed E-state index contributed by atoms with van der Waals surface area (Å²) in [5.74, 6) is 0.823. The maximum absolute atomic E-state index is 13.1. The number of rotatable bonds is 2. The summed E-state index contributed by atoms with van der Waals surface area (Å²) in [6.45, 7) is 1.93. The number of hydrogen-bond acceptors (Lipinski definition) is 4. The Kier molecular flexibility index (Phi) is 3.74. The first kappa shape index (κ1) is 16.1.